The fourth-order valence-electron chi connectivity index (χ4n) is 5.73. The van der Waals surface area contributed by atoms with E-state index in [0.717, 1.165) is 16.8 Å². The van der Waals surface area contributed by atoms with Crippen LogP contribution in [0.4, 0.5) is 4.39 Å². The van der Waals surface area contributed by atoms with E-state index >= 15 is 4.39 Å². The highest BCUT2D eigenvalue weighted by Crippen LogP contribution is 2.49. The Morgan fingerprint density at radius 2 is 1.75 bits per heavy atom. The van der Waals surface area contributed by atoms with Crippen molar-refractivity contribution in [3.63, 3.8) is 0 Å². The van der Waals surface area contributed by atoms with Crippen LogP contribution >= 0.6 is 7.75 Å². The summed E-state index contributed by atoms with van der Waals surface area (Å²) in [5.74, 6) is -1.31. The molecule has 0 spiro atoms. The number of carbonyl (C=O) groups is 2. The van der Waals surface area contributed by atoms with Crippen LogP contribution in [0, 0.1) is 0 Å². The number of halogens is 1. The molecule has 13 nitrogen and oxygen atoms in total. The molecule has 0 aliphatic carbocycles. The zero-order valence-corrected chi connectivity index (χ0v) is 32.0. The zero-order valence-electron chi connectivity index (χ0n) is 30.1. The Bertz CT molecular complexity index is 1650. The van der Waals surface area contributed by atoms with Crippen molar-refractivity contribution in [2.45, 2.75) is 109 Å². The van der Waals surface area contributed by atoms with Gasteiger partial charge in [0.15, 0.2) is 20.2 Å². The van der Waals surface area contributed by atoms with E-state index in [9.17, 15) is 23.7 Å². The minimum absolute atomic E-state index is 0.122. The van der Waals surface area contributed by atoms with Crippen molar-refractivity contribution in [2.24, 2.45) is 0 Å². The summed E-state index contributed by atoms with van der Waals surface area (Å²) in [4.78, 5) is 51.8. The number of benzene rings is 1. The number of nitrogens with zero attached hydrogens (tertiary/aromatic N) is 2. The van der Waals surface area contributed by atoms with Crippen LogP contribution in [0.15, 0.2) is 77.5 Å². The number of nitrogens with one attached hydrogen (secondary N) is 1. The number of rotatable bonds is 21. The van der Waals surface area contributed by atoms with E-state index in [1.807, 2.05) is 20.8 Å². The third-order valence-electron chi connectivity index (χ3n) is 8.94. The third-order valence-corrected chi connectivity index (χ3v) is 15.2. The molecule has 282 valence electrons. The van der Waals surface area contributed by atoms with E-state index in [1.165, 1.54) is 19.9 Å². The van der Waals surface area contributed by atoms with E-state index in [0.29, 0.717) is 35.5 Å². The zero-order chi connectivity index (χ0) is 37.8. The van der Waals surface area contributed by atoms with E-state index in [2.05, 4.69) is 18.2 Å². The highest BCUT2D eigenvalue weighted by Gasteiger charge is 2.59. The molecule has 3 rings (SSSR count). The molecule has 16 heteroatoms. The number of hydrogen-bond donors (Lipinski definition) is 1. The molecule has 2 heterocycles. The van der Waals surface area contributed by atoms with Crippen molar-refractivity contribution >= 4 is 27.9 Å². The Kier molecular flexibility index (Phi) is 15.5. The first-order chi connectivity index (χ1) is 24.2. The van der Waals surface area contributed by atoms with Crippen molar-refractivity contribution in [3.8, 4) is 5.75 Å². The average Bonchev–Trinajstić information content (AvgIpc) is 3.35. The van der Waals surface area contributed by atoms with E-state index in [1.54, 1.807) is 36.4 Å². The van der Waals surface area contributed by atoms with Crippen LogP contribution in [0.25, 0.3) is 0 Å². The molecule has 1 fully saturated rings. The predicted molar refractivity (Wildman–Crippen MR) is 194 cm³/mol. The van der Waals surface area contributed by atoms with Gasteiger partial charge in [0, 0.05) is 18.7 Å². The Balaban J connectivity index is 2.01. The van der Waals surface area contributed by atoms with Gasteiger partial charge in [0.05, 0.1) is 13.2 Å². The molecular formula is C35H51FN3O10PSi. The van der Waals surface area contributed by atoms with Gasteiger partial charge in [-0.05, 0) is 63.4 Å². The van der Waals surface area contributed by atoms with Crippen molar-refractivity contribution < 1.29 is 41.5 Å². The summed E-state index contributed by atoms with van der Waals surface area (Å²) in [5.41, 5.74) is -4.37. The summed E-state index contributed by atoms with van der Waals surface area (Å²) in [5, 5.41) is 2.62. The molecule has 2 unspecified atom stereocenters. The topological polar surface area (TPSA) is 153 Å². The summed E-state index contributed by atoms with van der Waals surface area (Å²) in [6.07, 6.45) is 1.23. The molecule has 6 atom stereocenters. The highest BCUT2D eigenvalue weighted by atomic mass is 31.2. The lowest BCUT2D eigenvalue weighted by atomic mass is 9.98. The molecule has 1 N–H and O–H groups in total. The molecule has 1 aromatic carbocycles. The number of carbonyl (C=O) groups excluding carboxylic acids is 2. The van der Waals surface area contributed by atoms with Crippen LogP contribution in [-0.4, -0.2) is 66.5 Å². The number of para-hydroxylation sites is 1. The van der Waals surface area contributed by atoms with E-state index in [4.69, 9.17) is 22.9 Å². The van der Waals surface area contributed by atoms with Crippen LogP contribution in [0.3, 0.4) is 0 Å². The van der Waals surface area contributed by atoms with Gasteiger partial charge in [-0.25, -0.2) is 13.8 Å². The number of ether oxygens (including phenoxy) is 2. The first-order valence-corrected chi connectivity index (χ1v) is 21.3. The first kappa shape index (κ1) is 42.0. The minimum atomic E-state index is -4.41. The number of aromatic nitrogens is 2. The van der Waals surface area contributed by atoms with Gasteiger partial charge in [-0.2, -0.15) is 9.65 Å². The molecule has 0 saturated carbocycles. The second-order valence-corrected chi connectivity index (χ2v) is 18.9. The number of esters is 1. The Hall–Kier alpha value is -3.46. The maximum atomic E-state index is 17.3. The van der Waals surface area contributed by atoms with Crippen LogP contribution in [0.2, 0.25) is 18.1 Å². The van der Waals surface area contributed by atoms with Gasteiger partial charge >= 0.3 is 19.4 Å². The van der Waals surface area contributed by atoms with Gasteiger partial charge in [-0.15, -0.1) is 13.2 Å². The second-order valence-electron chi connectivity index (χ2n) is 12.5. The largest absolute Gasteiger partial charge is 0.465 e. The lowest BCUT2D eigenvalue weighted by molar-refractivity contribution is -0.145. The molecule has 2 aromatic rings. The fourth-order valence-corrected chi connectivity index (χ4v) is 10.2. The summed E-state index contributed by atoms with van der Waals surface area (Å²) in [6.45, 7) is 15.3. The number of allylic oxidation sites excluding steroid dienone is 2. The normalized spacial score (nSPS) is 22.1. The van der Waals surface area contributed by atoms with Crippen molar-refractivity contribution in [2.75, 3.05) is 13.2 Å². The average molecular weight is 752 g/mol. The van der Waals surface area contributed by atoms with Crippen LogP contribution in [0.1, 0.15) is 71.3 Å². The quantitative estimate of drug-likeness (QED) is 0.0501. The summed E-state index contributed by atoms with van der Waals surface area (Å²) in [7, 11) is -6.98. The van der Waals surface area contributed by atoms with Gasteiger partial charge in [0.1, 0.15) is 24.0 Å². The summed E-state index contributed by atoms with van der Waals surface area (Å²) >= 11 is 0. The minimum Gasteiger partial charge on any atom is -0.465 e. The third kappa shape index (κ3) is 10.6. The van der Waals surface area contributed by atoms with Crippen LogP contribution < -0.4 is 20.9 Å². The molecule has 1 aliphatic rings. The van der Waals surface area contributed by atoms with Crippen molar-refractivity contribution in [1.82, 2.24) is 14.2 Å². The number of alkyl halides is 1. The van der Waals surface area contributed by atoms with Crippen LogP contribution in [-0.2, 0) is 27.8 Å². The van der Waals surface area contributed by atoms with Crippen LogP contribution in [0.5, 0.6) is 5.75 Å². The molecule has 51 heavy (non-hydrogen) atoms. The maximum Gasteiger partial charge on any atom is 0.459 e. The second kappa shape index (κ2) is 18.9. The maximum absolute atomic E-state index is 17.3. The smallest absolute Gasteiger partial charge is 0.459 e. The van der Waals surface area contributed by atoms with Gasteiger partial charge in [0.25, 0.3) is 5.56 Å². The van der Waals surface area contributed by atoms with E-state index in [-0.39, 0.29) is 25.2 Å². The Morgan fingerprint density at radius 3 is 2.35 bits per heavy atom. The molecule has 1 aliphatic heterocycles. The van der Waals surface area contributed by atoms with Crippen molar-refractivity contribution in [3.05, 3.63) is 88.7 Å². The van der Waals surface area contributed by atoms with Gasteiger partial charge in [0.2, 0.25) is 5.91 Å². The van der Waals surface area contributed by atoms with Gasteiger partial charge in [-0.1, -0.05) is 51.1 Å². The van der Waals surface area contributed by atoms with Gasteiger partial charge < -0.3 is 18.4 Å². The van der Waals surface area contributed by atoms with E-state index < -0.39 is 75.9 Å². The highest BCUT2D eigenvalue weighted by molar-refractivity contribution is 7.52. The Morgan fingerprint density at radius 1 is 1.10 bits per heavy atom. The number of hydrogen-bond acceptors (Lipinski definition) is 10. The fraction of sp³-hybridized carbons (Fsp3) is 0.543. The predicted octanol–water partition coefficient (Wildman–Crippen LogP) is 6.32. The van der Waals surface area contributed by atoms with Gasteiger partial charge in [-0.3, -0.25) is 23.5 Å². The SMILES string of the molecule is C=CCCCOC(=O)[C@H](C)N[P@](=O)(OCC1OC(n2ccc(=O)n(C(=O)CCC=C)c2=O)[C@](C)(F)[C@@H]1O[Si](CC)(CC)CC)Oc1ccccc1. The Labute approximate surface area is 299 Å². The molecule has 0 radical (unpaired) electrons. The molecule has 0 bridgehead atoms. The summed E-state index contributed by atoms with van der Waals surface area (Å²) < 4.78 is 62.7. The molecule has 1 saturated heterocycles. The first-order valence-electron chi connectivity index (χ1n) is 17.3. The standard InChI is InChI=1S/C35H51FN3O10PSi/c1-8-13-18-24-45-32(42)26(6)37-50(44,48-27-19-16-15-17-20-27)46-25-28-31(49-51(10-3,11-4)12-5)35(7,36)33(47-28)38-23-22-30(41)39(34(38)43)29(40)21-14-9-2/h8-9,15-17,19-20,22-23,26,28,31,33H,1-2,10-14,18,21,24-25H2,3-7H3,(H,37,44)/t26-,28?,31+,33?,35+,50-/m0/s1. The summed E-state index contributed by atoms with van der Waals surface area (Å²) in [6, 6.07) is 9.93. The lowest BCUT2D eigenvalue weighted by Gasteiger charge is -2.37. The molecular weight excluding hydrogens is 700 g/mol. The number of unbranched alkanes of at least 4 members (excludes halogenated alkanes) is 1. The lowest BCUT2D eigenvalue weighted by Crippen LogP contribution is -2.52. The molecule has 1 aromatic heterocycles. The van der Waals surface area contributed by atoms with Crippen molar-refractivity contribution in [1.29, 1.82) is 0 Å². The molecule has 0 amide bonds. The monoisotopic (exact) mass is 751 g/mol.